The molecule has 0 radical (unpaired) electrons. The van der Waals surface area contributed by atoms with Gasteiger partial charge in [-0.25, -0.2) is 9.97 Å². The number of aromatic nitrogens is 3. The van der Waals surface area contributed by atoms with Crippen LogP contribution in [-0.4, -0.2) is 20.9 Å². The highest BCUT2D eigenvalue weighted by Gasteiger charge is 2.34. The number of halogens is 1. The van der Waals surface area contributed by atoms with Gasteiger partial charge in [0.1, 0.15) is 15.9 Å². The summed E-state index contributed by atoms with van der Waals surface area (Å²) in [4.78, 5) is 8.70. The minimum Gasteiger partial charge on any atom is -0.382 e. The second-order valence-corrected chi connectivity index (χ2v) is 6.34. The molecule has 1 aliphatic rings. The van der Waals surface area contributed by atoms with Crippen molar-refractivity contribution in [2.45, 2.75) is 26.3 Å². The number of nitrogens with zero attached hydrogens (tertiary/aromatic N) is 3. The molecule has 1 aliphatic heterocycles. The number of nitrogens with one attached hydrogen (secondary N) is 1. The predicted octanol–water partition coefficient (Wildman–Crippen LogP) is 2.13. The van der Waals surface area contributed by atoms with Crippen molar-refractivity contribution in [3.63, 3.8) is 0 Å². The maximum atomic E-state index is 5.90. The van der Waals surface area contributed by atoms with Gasteiger partial charge in [0, 0.05) is 18.9 Å². The average Bonchev–Trinajstić information content (AvgIpc) is 2.81. The summed E-state index contributed by atoms with van der Waals surface area (Å²) < 4.78 is 2.78. The summed E-state index contributed by atoms with van der Waals surface area (Å²) in [6.07, 6.45) is 4.69. The van der Waals surface area contributed by atoms with Gasteiger partial charge in [-0.15, -0.1) is 0 Å². The molecule has 3 N–H and O–H groups in total. The zero-order valence-electron chi connectivity index (χ0n) is 10.4. The fourth-order valence-corrected chi connectivity index (χ4v) is 3.14. The Balaban J connectivity index is 2.11. The van der Waals surface area contributed by atoms with Crippen LogP contribution in [0, 0.1) is 5.41 Å². The number of nitrogen functional groups attached to an aromatic ring is 1. The molecule has 3 rings (SSSR count). The van der Waals surface area contributed by atoms with Crippen LogP contribution in [0.5, 0.6) is 0 Å². The lowest BCUT2D eigenvalue weighted by Gasteiger charge is -2.14. The van der Waals surface area contributed by atoms with E-state index in [1.807, 2.05) is 10.6 Å². The molecule has 1 atom stereocenters. The number of anilines is 1. The fourth-order valence-electron chi connectivity index (χ4n) is 2.57. The standard InChI is InChI=1S/C12H16BrN5/c1-12(2)5-7(16-6-12)11-17-9(13)8-10(14)15-3-4-18(8)11/h3-4,7,16H,5-6H2,1-2H3,(H2,14,15)/t7-/m0/s1. The first kappa shape index (κ1) is 11.9. The second-order valence-electron chi connectivity index (χ2n) is 5.59. The summed E-state index contributed by atoms with van der Waals surface area (Å²) >= 11 is 3.46. The maximum Gasteiger partial charge on any atom is 0.150 e. The monoisotopic (exact) mass is 309 g/mol. The topological polar surface area (TPSA) is 68.2 Å². The molecule has 0 unspecified atom stereocenters. The van der Waals surface area contributed by atoms with Crippen molar-refractivity contribution in [2.75, 3.05) is 12.3 Å². The average molecular weight is 310 g/mol. The summed E-state index contributed by atoms with van der Waals surface area (Å²) in [5.41, 5.74) is 7.05. The minimum atomic E-state index is 0.264. The molecule has 0 spiro atoms. The molecule has 96 valence electrons. The normalized spacial score (nSPS) is 22.7. The van der Waals surface area contributed by atoms with Gasteiger partial charge in [0.25, 0.3) is 0 Å². The van der Waals surface area contributed by atoms with Crippen molar-refractivity contribution in [3.05, 3.63) is 22.8 Å². The zero-order chi connectivity index (χ0) is 12.9. The highest BCUT2D eigenvalue weighted by Crippen LogP contribution is 2.36. The number of rotatable bonds is 1. The van der Waals surface area contributed by atoms with E-state index < -0.39 is 0 Å². The van der Waals surface area contributed by atoms with Crippen LogP contribution in [-0.2, 0) is 0 Å². The molecule has 2 aromatic heterocycles. The van der Waals surface area contributed by atoms with Crippen LogP contribution >= 0.6 is 15.9 Å². The Labute approximate surface area is 114 Å². The van der Waals surface area contributed by atoms with E-state index in [2.05, 4.69) is 45.1 Å². The Hall–Kier alpha value is -1.14. The van der Waals surface area contributed by atoms with Crippen molar-refractivity contribution in [1.29, 1.82) is 0 Å². The van der Waals surface area contributed by atoms with Crippen LogP contribution in [0.2, 0.25) is 0 Å². The van der Waals surface area contributed by atoms with E-state index in [1.165, 1.54) is 0 Å². The summed E-state index contributed by atoms with van der Waals surface area (Å²) in [6.45, 7) is 5.53. The van der Waals surface area contributed by atoms with E-state index >= 15 is 0 Å². The van der Waals surface area contributed by atoms with Crippen LogP contribution < -0.4 is 11.1 Å². The fraction of sp³-hybridized carbons (Fsp3) is 0.500. The summed E-state index contributed by atoms with van der Waals surface area (Å²) in [6, 6.07) is 0.264. The number of fused-ring (bicyclic) bond motifs is 1. The van der Waals surface area contributed by atoms with Crippen LogP contribution in [0.25, 0.3) is 5.52 Å². The van der Waals surface area contributed by atoms with Crippen LogP contribution in [0.15, 0.2) is 17.0 Å². The van der Waals surface area contributed by atoms with Crippen LogP contribution in [0.1, 0.15) is 32.1 Å². The first-order valence-electron chi connectivity index (χ1n) is 5.99. The van der Waals surface area contributed by atoms with E-state index in [-0.39, 0.29) is 6.04 Å². The van der Waals surface area contributed by atoms with Crippen molar-refractivity contribution < 1.29 is 0 Å². The third kappa shape index (κ3) is 1.80. The highest BCUT2D eigenvalue weighted by molar-refractivity contribution is 9.10. The SMILES string of the molecule is CC1(C)CN[C@H](c2nc(Br)c3c(N)nccn23)C1. The summed E-state index contributed by atoms with van der Waals surface area (Å²) in [5, 5.41) is 3.52. The first-order valence-corrected chi connectivity index (χ1v) is 6.78. The quantitative estimate of drug-likeness (QED) is 0.847. The van der Waals surface area contributed by atoms with Crippen molar-refractivity contribution in [3.8, 4) is 0 Å². The van der Waals surface area contributed by atoms with Crippen LogP contribution in [0.3, 0.4) is 0 Å². The second kappa shape index (κ2) is 3.93. The van der Waals surface area contributed by atoms with E-state index in [9.17, 15) is 0 Å². The predicted molar refractivity (Wildman–Crippen MR) is 74.2 cm³/mol. The maximum absolute atomic E-state index is 5.90. The molecule has 5 nitrogen and oxygen atoms in total. The lowest BCUT2D eigenvalue weighted by molar-refractivity contribution is 0.400. The molecular weight excluding hydrogens is 294 g/mol. The Morgan fingerprint density at radius 2 is 2.33 bits per heavy atom. The van der Waals surface area contributed by atoms with E-state index in [0.717, 1.165) is 28.9 Å². The van der Waals surface area contributed by atoms with Crippen molar-refractivity contribution >= 4 is 27.3 Å². The molecule has 0 aliphatic carbocycles. The molecule has 0 amide bonds. The van der Waals surface area contributed by atoms with Crippen molar-refractivity contribution in [2.24, 2.45) is 5.41 Å². The van der Waals surface area contributed by atoms with Gasteiger partial charge in [-0.2, -0.15) is 0 Å². The number of nitrogens with two attached hydrogens (primary N) is 1. The van der Waals surface area contributed by atoms with Crippen LogP contribution in [0.4, 0.5) is 5.82 Å². The zero-order valence-corrected chi connectivity index (χ0v) is 12.0. The van der Waals surface area contributed by atoms with Crippen molar-refractivity contribution in [1.82, 2.24) is 19.7 Å². The molecular formula is C12H16BrN5. The molecule has 1 saturated heterocycles. The van der Waals surface area contributed by atoms with E-state index in [4.69, 9.17) is 5.73 Å². The lowest BCUT2D eigenvalue weighted by atomic mass is 9.90. The molecule has 0 aromatic carbocycles. The Morgan fingerprint density at radius 1 is 1.56 bits per heavy atom. The Bertz CT molecular complexity index is 604. The van der Waals surface area contributed by atoms with Gasteiger partial charge in [0.2, 0.25) is 0 Å². The number of hydrogen-bond acceptors (Lipinski definition) is 4. The molecule has 2 aromatic rings. The molecule has 1 fully saturated rings. The summed E-state index contributed by atoms with van der Waals surface area (Å²) in [7, 11) is 0. The van der Waals surface area contributed by atoms with Gasteiger partial charge in [-0.05, 0) is 27.8 Å². The van der Waals surface area contributed by atoms with Gasteiger partial charge >= 0.3 is 0 Å². The largest absolute Gasteiger partial charge is 0.382 e. The third-order valence-electron chi connectivity index (χ3n) is 3.46. The Morgan fingerprint density at radius 3 is 3.00 bits per heavy atom. The molecule has 18 heavy (non-hydrogen) atoms. The van der Waals surface area contributed by atoms with Gasteiger partial charge in [-0.3, -0.25) is 4.40 Å². The number of imidazole rings is 1. The van der Waals surface area contributed by atoms with E-state index in [0.29, 0.717) is 11.2 Å². The molecule has 0 saturated carbocycles. The lowest BCUT2D eigenvalue weighted by Crippen LogP contribution is -2.18. The molecule has 0 bridgehead atoms. The Kier molecular flexibility index (Phi) is 2.60. The first-order chi connectivity index (χ1) is 8.48. The summed E-state index contributed by atoms with van der Waals surface area (Å²) in [5.74, 6) is 1.50. The van der Waals surface area contributed by atoms with Gasteiger partial charge in [-0.1, -0.05) is 13.8 Å². The highest BCUT2D eigenvalue weighted by atomic mass is 79.9. The molecule has 6 heteroatoms. The smallest absolute Gasteiger partial charge is 0.150 e. The van der Waals surface area contributed by atoms with Gasteiger partial charge in [0.05, 0.1) is 6.04 Å². The number of hydrogen-bond donors (Lipinski definition) is 2. The van der Waals surface area contributed by atoms with Gasteiger partial charge < -0.3 is 11.1 Å². The van der Waals surface area contributed by atoms with E-state index in [1.54, 1.807) is 6.20 Å². The third-order valence-corrected chi connectivity index (χ3v) is 4.02. The molecule has 3 heterocycles. The minimum absolute atomic E-state index is 0.264. The van der Waals surface area contributed by atoms with Gasteiger partial charge in [0.15, 0.2) is 5.82 Å².